The molecule has 1 aromatic heterocycles. The summed E-state index contributed by atoms with van der Waals surface area (Å²) in [6, 6.07) is 1.43. The Morgan fingerprint density at radius 2 is 2.00 bits per heavy atom. The predicted octanol–water partition coefficient (Wildman–Crippen LogP) is 3.24. The van der Waals surface area contributed by atoms with Crippen molar-refractivity contribution in [2.75, 3.05) is 6.54 Å². The fourth-order valence-electron chi connectivity index (χ4n) is 1.66. The highest BCUT2D eigenvalue weighted by Gasteiger charge is 2.33. The average Bonchev–Trinajstić information content (AvgIpc) is 2.72. The Hall–Kier alpha value is -1.04. The number of aromatic nitrogens is 2. The second-order valence-corrected chi connectivity index (χ2v) is 4.78. The molecular formula is C12H20F3N3. The summed E-state index contributed by atoms with van der Waals surface area (Å²) in [5.74, 6) is 0. The van der Waals surface area contributed by atoms with E-state index in [2.05, 4.69) is 24.3 Å². The Bertz CT molecular complexity index is 358. The van der Waals surface area contributed by atoms with Crippen molar-refractivity contribution in [1.82, 2.24) is 15.1 Å². The van der Waals surface area contributed by atoms with Crippen molar-refractivity contribution in [3.63, 3.8) is 0 Å². The Labute approximate surface area is 105 Å². The highest BCUT2D eigenvalue weighted by molar-refractivity contribution is 5.03. The first-order valence-electron chi connectivity index (χ1n) is 6.16. The van der Waals surface area contributed by atoms with Crippen LogP contribution < -0.4 is 5.32 Å². The van der Waals surface area contributed by atoms with E-state index in [1.807, 2.05) is 6.92 Å². The van der Waals surface area contributed by atoms with Crippen molar-refractivity contribution < 1.29 is 13.2 Å². The van der Waals surface area contributed by atoms with Crippen molar-refractivity contribution in [2.24, 2.45) is 0 Å². The van der Waals surface area contributed by atoms with Gasteiger partial charge in [-0.1, -0.05) is 13.8 Å². The van der Waals surface area contributed by atoms with Gasteiger partial charge in [0.1, 0.15) is 0 Å². The molecule has 6 heteroatoms. The van der Waals surface area contributed by atoms with Crippen LogP contribution in [0.4, 0.5) is 13.2 Å². The summed E-state index contributed by atoms with van der Waals surface area (Å²) in [6.45, 7) is 6.87. The SMILES string of the molecule is CC(C)NCCCC(C)n1ccc(C(F)(F)F)n1. The van der Waals surface area contributed by atoms with Gasteiger partial charge in [0, 0.05) is 18.3 Å². The fraction of sp³-hybridized carbons (Fsp3) is 0.750. The number of hydrogen-bond donors (Lipinski definition) is 1. The van der Waals surface area contributed by atoms with E-state index in [1.165, 1.54) is 10.9 Å². The van der Waals surface area contributed by atoms with E-state index in [-0.39, 0.29) is 6.04 Å². The van der Waals surface area contributed by atoms with Crippen LogP contribution in [0, 0.1) is 0 Å². The van der Waals surface area contributed by atoms with Crippen molar-refractivity contribution >= 4 is 0 Å². The molecule has 0 spiro atoms. The summed E-state index contributed by atoms with van der Waals surface area (Å²) in [5.41, 5.74) is -0.824. The molecule has 0 amide bonds. The van der Waals surface area contributed by atoms with Gasteiger partial charge in [-0.05, 0) is 32.4 Å². The van der Waals surface area contributed by atoms with Crippen LogP contribution in [0.15, 0.2) is 12.3 Å². The van der Waals surface area contributed by atoms with Crippen LogP contribution in [-0.2, 0) is 6.18 Å². The van der Waals surface area contributed by atoms with Crippen molar-refractivity contribution in [3.8, 4) is 0 Å². The minimum atomic E-state index is -4.36. The Morgan fingerprint density at radius 3 is 2.50 bits per heavy atom. The molecule has 0 bridgehead atoms. The van der Waals surface area contributed by atoms with Gasteiger partial charge in [-0.15, -0.1) is 0 Å². The van der Waals surface area contributed by atoms with Gasteiger partial charge in [0.25, 0.3) is 0 Å². The molecule has 0 aliphatic heterocycles. The van der Waals surface area contributed by atoms with Gasteiger partial charge in [-0.25, -0.2) is 0 Å². The zero-order chi connectivity index (χ0) is 13.8. The zero-order valence-corrected chi connectivity index (χ0v) is 11.0. The molecule has 104 valence electrons. The minimum Gasteiger partial charge on any atom is -0.315 e. The first-order valence-corrected chi connectivity index (χ1v) is 6.16. The summed E-state index contributed by atoms with van der Waals surface area (Å²) in [6.07, 6.45) is -1.24. The maximum absolute atomic E-state index is 12.4. The summed E-state index contributed by atoms with van der Waals surface area (Å²) in [7, 11) is 0. The van der Waals surface area contributed by atoms with Crippen LogP contribution in [-0.4, -0.2) is 22.4 Å². The maximum Gasteiger partial charge on any atom is 0.435 e. The molecule has 0 fully saturated rings. The highest BCUT2D eigenvalue weighted by atomic mass is 19.4. The fourth-order valence-corrected chi connectivity index (χ4v) is 1.66. The molecule has 0 aromatic carbocycles. The predicted molar refractivity (Wildman–Crippen MR) is 64.3 cm³/mol. The smallest absolute Gasteiger partial charge is 0.315 e. The quantitative estimate of drug-likeness (QED) is 0.798. The third-order valence-corrected chi connectivity index (χ3v) is 2.70. The lowest BCUT2D eigenvalue weighted by Crippen LogP contribution is -2.24. The highest BCUT2D eigenvalue weighted by Crippen LogP contribution is 2.28. The lowest BCUT2D eigenvalue weighted by Gasteiger charge is -2.13. The van der Waals surface area contributed by atoms with Crippen molar-refractivity contribution in [2.45, 2.75) is 51.9 Å². The molecule has 1 N–H and O–H groups in total. The van der Waals surface area contributed by atoms with Gasteiger partial charge in [0.15, 0.2) is 5.69 Å². The molecule has 0 saturated heterocycles. The molecule has 1 aromatic rings. The molecule has 0 aliphatic carbocycles. The average molecular weight is 263 g/mol. The largest absolute Gasteiger partial charge is 0.435 e. The summed E-state index contributed by atoms with van der Waals surface area (Å²) in [4.78, 5) is 0. The number of hydrogen-bond acceptors (Lipinski definition) is 2. The molecular weight excluding hydrogens is 243 g/mol. The van der Waals surface area contributed by atoms with Gasteiger partial charge in [-0.3, -0.25) is 4.68 Å². The number of alkyl halides is 3. The van der Waals surface area contributed by atoms with Crippen LogP contribution in [0.5, 0.6) is 0 Å². The standard InChI is InChI=1S/C12H20F3N3/c1-9(2)16-7-4-5-10(3)18-8-6-11(17-18)12(13,14)15/h6,8-10,16H,4-5,7H2,1-3H3. The van der Waals surface area contributed by atoms with E-state index in [9.17, 15) is 13.2 Å². The molecule has 0 aliphatic rings. The summed E-state index contributed by atoms with van der Waals surface area (Å²) in [5, 5.41) is 6.84. The Balaban J connectivity index is 2.42. The lowest BCUT2D eigenvalue weighted by atomic mass is 10.2. The summed E-state index contributed by atoms with van der Waals surface area (Å²) >= 11 is 0. The second-order valence-electron chi connectivity index (χ2n) is 4.78. The first kappa shape index (κ1) is 15.0. The summed E-state index contributed by atoms with van der Waals surface area (Å²) < 4.78 is 38.5. The van der Waals surface area contributed by atoms with E-state index in [1.54, 1.807) is 0 Å². The van der Waals surface area contributed by atoms with Gasteiger partial charge >= 0.3 is 6.18 Å². The van der Waals surface area contributed by atoms with E-state index < -0.39 is 11.9 Å². The van der Waals surface area contributed by atoms with E-state index in [0.29, 0.717) is 6.04 Å². The molecule has 1 rings (SSSR count). The van der Waals surface area contributed by atoms with Crippen LogP contribution in [0.1, 0.15) is 45.3 Å². The van der Waals surface area contributed by atoms with Crippen molar-refractivity contribution in [1.29, 1.82) is 0 Å². The zero-order valence-electron chi connectivity index (χ0n) is 11.0. The van der Waals surface area contributed by atoms with Gasteiger partial charge in [0.2, 0.25) is 0 Å². The Kier molecular flexibility index (Phi) is 5.19. The van der Waals surface area contributed by atoms with Gasteiger partial charge in [-0.2, -0.15) is 18.3 Å². The minimum absolute atomic E-state index is 0.0185. The molecule has 1 atom stereocenters. The third kappa shape index (κ3) is 4.68. The maximum atomic E-state index is 12.4. The second kappa shape index (κ2) is 6.22. The van der Waals surface area contributed by atoms with Crippen LogP contribution in [0.25, 0.3) is 0 Å². The molecule has 0 saturated carbocycles. The number of rotatable bonds is 6. The van der Waals surface area contributed by atoms with Crippen LogP contribution in [0.3, 0.4) is 0 Å². The molecule has 3 nitrogen and oxygen atoms in total. The number of nitrogens with one attached hydrogen (secondary N) is 1. The van der Waals surface area contributed by atoms with Gasteiger partial charge in [0.05, 0.1) is 0 Å². The van der Waals surface area contributed by atoms with E-state index >= 15 is 0 Å². The number of nitrogens with zero attached hydrogens (tertiary/aromatic N) is 2. The van der Waals surface area contributed by atoms with Gasteiger partial charge < -0.3 is 5.32 Å². The molecule has 1 unspecified atom stereocenters. The molecule has 0 radical (unpaired) electrons. The monoisotopic (exact) mass is 263 g/mol. The first-order chi connectivity index (χ1) is 8.30. The van der Waals surface area contributed by atoms with Crippen LogP contribution >= 0.6 is 0 Å². The van der Waals surface area contributed by atoms with E-state index in [4.69, 9.17) is 0 Å². The number of halogens is 3. The van der Waals surface area contributed by atoms with Crippen LogP contribution in [0.2, 0.25) is 0 Å². The molecule has 1 heterocycles. The van der Waals surface area contributed by atoms with Crippen molar-refractivity contribution in [3.05, 3.63) is 18.0 Å². The molecule has 18 heavy (non-hydrogen) atoms. The topological polar surface area (TPSA) is 29.9 Å². The lowest BCUT2D eigenvalue weighted by molar-refractivity contribution is -0.141. The van der Waals surface area contributed by atoms with E-state index in [0.717, 1.165) is 25.5 Å². The Morgan fingerprint density at radius 1 is 1.33 bits per heavy atom. The third-order valence-electron chi connectivity index (χ3n) is 2.70. The normalized spacial score (nSPS) is 14.2.